The van der Waals surface area contributed by atoms with Gasteiger partial charge >= 0.3 is 0 Å². The molecule has 0 amide bonds. The molecular weight excluding hydrogens is 308 g/mol. The van der Waals surface area contributed by atoms with Gasteiger partial charge in [0.05, 0.1) is 16.6 Å². The number of nitrogens with zero attached hydrogens (tertiary/aromatic N) is 1. The Morgan fingerprint density at radius 3 is 2.70 bits per heavy atom. The van der Waals surface area contributed by atoms with Crippen molar-refractivity contribution in [2.24, 2.45) is 0 Å². The predicted octanol–water partition coefficient (Wildman–Crippen LogP) is 1.95. The van der Waals surface area contributed by atoms with Crippen LogP contribution < -0.4 is 4.72 Å². The summed E-state index contributed by atoms with van der Waals surface area (Å²) >= 11 is 5.80. The molecule has 0 saturated heterocycles. The molecule has 1 aromatic rings. The number of halogens is 1. The summed E-state index contributed by atoms with van der Waals surface area (Å²) in [6.45, 7) is 4.07. The van der Waals surface area contributed by atoms with E-state index in [4.69, 9.17) is 16.3 Å². The Morgan fingerprint density at radius 2 is 2.15 bits per heavy atom. The van der Waals surface area contributed by atoms with Gasteiger partial charge in [-0.3, -0.25) is 10.1 Å². The van der Waals surface area contributed by atoms with Gasteiger partial charge in [0.25, 0.3) is 5.69 Å². The summed E-state index contributed by atoms with van der Waals surface area (Å²) in [5, 5.41) is 10.6. The van der Waals surface area contributed by atoms with Crippen molar-refractivity contribution in [1.29, 1.82) is 0 Å². The first kappa shape index (κ1) is 16.8. The van der Waals surface area contributed by atoms with Crippen molar-refractivity contribution in [1.82, 2.24) is 4.72 Å². The van der Waals surface area contributed by atoms with Gasteiger partial charge in [-0.05, 0) is 19.9 Å². The van der Waals surface area contributed by atoms with Crippen LogP contribution in [-0.2, 0) is 14.8 Å². The van der Waals surface area contributed by atoms with E-state index in [1.165, 1.54) is 6.07 Å². The molecule has 0 saturated carbocycles. The molecule has 0 radical (unpaired) electrons. The molecule has 112 valence electrons. The van der Waals surface area contributed by atoms with E-state index in [1.54, 1.807) is 13.8 Å². The van der Waals surface area contributed by atoms with Crippen LogP contribution in [0, 0.1) is 10.1 Å². The van der Waals surface area contributed by atoms with E-state index in [0.29, 0.717) is 6.61 Å². The van der Waals surface area contributed by atoms with Gasteiger partial charge in [0.15, 0.2) is 0 Å². The first-order valence-electron chi connectivity index (χ1n) is 5.82. The highest BCUT2D eigenvalue weighted by molar-refractivity contribution is 7.89. The van der Waals surface area contributed by atoms with Crippen molar-refractivity contribution < 1.29 is 18.1 Å². The molecule has 0 bridgehead atoms. The van der Waals surface area contributed by atoms with Gasteiger partial charge in [-0.15, -0.1) is 0 Å². The molecule has 9 heteroatoms. The lowest BCUT2D eigenvalue weighted by molar-refractivity contribution is -0.385. The highest BCUT2D eigenvalue weighted by Crippen LogP contribution is 2.26. The fourth-order valence-corrected chi connectivity index (χ4v) is 3.22. The fraction of sp³-hybridized carbons (Fsp3) is 0.455. The maximum atomic E-state index is 12.1. The zero-order chi connectivity index (χ0) is 15.3. The Balaban J connectivity index is 3.03. The van der Waals surface area contributed by atoms with Gasteiger partial charge in [-0.2, -0.15) is 0 Å². The van der Waals surface area contributed by atoms with Crippen LogP contribution in [0.25, 0.3) is 0 Å². The third-order valence-electron chi connectivity index (χ3n) is 2.34. The summed E-state index contributed by atoms with van der Waals surface area (Å²) in [5.74, 6) is 0. The Morgan fingerprint density at radius 1 is 1.50 bits per heavy atom. The van der Waals surface area contributed by atoms with Gasteiger partial charge in [-0.25, -0.2) is 13.1 Å². The van der Waals surface area contributed by atoms with Crippen LogP contribution in [0.15, 0.2) is 23.1 Å². The van der Waals surface area contributed by atoms with Crippen molar-refractivity contribution >= 4 is 27.3 Å². The highest BCUT2D eigenvalue weighted by Gasteiger charge is 2.23. The molecule has 1 N–H and O–H groups in total. The molecule has 0 aliphatic carbocycles. The Bertz CT molecular complexity index is 590. The topological polar surface area (TPSA) is 98.5 Å². The zero-order valence-corrected chi connectivity index (χ0v) is 12.6. The van der Waals surface area contributed by atoms with Gasteiger partial charge in [0.1, 0.15) is 4.90 Å². The lowest BCUT2D eigenvalue weighted by atomic mass is 10.3. The molecule has 7 nitrogen and oxygen atoms in total. The number of nitrogens with one attached hydrogen (secondary N) is 1. The van der Waals surface area contributed by atoms with Crippen LogP contribution in [-0.4, -0.2) is 32.6 Å². The van der Waals surface area contributed by atoms with E-state index >= 15 is 0 Å². The van der Waals surface area contributed by atoms with Gasteiger partial charge in [0.2, 0.25) is 10.0 Å². The van der Waals surface area contributed by atoms with Crippen LogP contribution in [0.1, 0.15) is 13.8 Å². The molecule has 1 unspecified atom stereocenters. The monoisotopic (exact) mass is 322 g/mol. The molecule has 0 aliphatic rings. The Hall–Kier alpha value is -1.22. The minimum Gasteiger partial charge on any atom is -0.380 e. The number of ether oxygens (including phenoxy) is 1. The van der Waals surface area contributed by atoms with E-state index in [-0.39, 0.29) is 22.2 Å². The quantitative estimate of drug-likeness (QED) is 0.611. The summed E-state index contributed by atoms with van der Waals surface area (Å²) in [5.41, 5.74) is -0.341. The number of sulfonamides is 1. The third-order valence-corrected chi connectivity index (χ3v) is 4.41. The predicted molar refractivity (Wildman–Crippen MR) is 74.4 cm³/mol. The van der Waals surface area contributed by atoms with Crippen LogP contribution in [0.3, 0.4) is 0 Å². The lowest BCUT2D eigenvalue weighted by Gasteiger charge is -2.14. The molecular formula is C11H15ClN2O5S. The van der Waals surface area contributed by atoms with E-state index < -0.39 is 21.0 Å². The first-order chi connectivity index (χ1) is 9.27. The van der Waals surface area contributed by atoms with E-state index in [1.807, 2.05) is 0 Å². The first-order valence-corrected chi connectivity index (χ1v) is 7.68. The van der Waals surface area contributed by atoms with Crippen molar-refractivity contribution in [3.8, 4) is 0 Å². The minimum atomic E-state index is -3.94. The fourth-order valence-electron chi connectivity index (χ4n) is 1.47. The van der Waals surface area contributed by atoms with Gasteiger partial charge in [-0.1, -0.05) is 11.6 Å². The van der Waals surface area contributed by atoms with Crippen LogP contribution >= 0.6 is 11.6 Å². The molecule has 0 fully saturated rings. The van der Waals surface area contributed by atoms with Gasteiger partial charge < -0.3 is 4.74 Å². The number of benzene rings is 1. The maximum absolute atomic E-state index is 12.1. The number of nitro benzene ring substituents is 1. The van der Waals surface area contributed by atoms with E-state index in [0.717, 1.165) is 12.1 Å². The molecule has 20 heavy (non-hydrogen) atoms. The molecule has 0 spiro atoms. The molecule has 0 aliphatic heterocycles. The molecule has 1 rings (SSSR count). The smallest absolute Gasteiger partial charge is 0.270 e. The summed E-state index contributed by atoms with van der Waals surface area (Å²) < 4.78 is 31.7. The number of rotatable bonds is 7. The second-order valence-corrected chi connectivity index (χ2v) is 6.14. The van der Waals surface area contributed by atoms with Crippen molar-refractivity contribution in [3.05, 3.63) is 33.3 Å². The average Bonchev–Trinajstić information content (AvgIpc) is 2.35. The Kier molecular flexibility index (Phi) is 5.88. The van der Waals surface area contributed by atoms with Crippen LogP contribution in [0.2, 0.25) is 5.02 Å². The molecule has 1 atom stereocenters. The van der Waals surface area contributed by atoms with E-state index in [2.05, 4.69) is 4.72 Å². The molecule has 0 heterocycles. The summed E-state index contributed by atoms with van der Waals surface area (Å²) in [6.07, 6.45) is 0. The maximum Gasteiger partial charge on any atom is 0.270 e. The average molecular weight is 323 g/mol. The molecule has 0 aromatic heterocycles. The highest BCUT2D eigenvalue weighted by atomic mass is 35.5. The largest absolute Gasteiger partial charge is 0.380 e. The number of nitro groups is 1. The summed E-state index contributed by atoms with van der Waals surface area (Å²) in [4.78, 5) is 9.68. The minimum absolute atomic E-state index is 0.0771. The lowest BCUT2D eigenvalue weighted by Crippen LogP contribution is -2.36. The van der Waals surface area contributed by atoms with Crippen molar-refractivity contribution in [2.75, 3.05) is 13.2 Å². The van der Waals surface area contributed by atoms with E-state index in [9.17, 15) is 18.5 Å². The third kappa shape index (κ3) is 4.41. The number of hydrogen-bond donors (Lipinski definition) is 1. The number of non-ortho nitro benzene ring substituents is 1. The standard InChI is InChI=1S/C11H15ClN2O5S/c1-3-19-7-8(2)13-20(17,18)11-6-9(14(15)16)4-5-10(11)12/h4-6,8,13H,3,7H2,1-2H3. The number of hydrogen-bond acceptors (Lipinski definition) is 5. The second kappa shape index (κ2) is 6.98. The molecule has 1 aromatic carbocycles. The zero-order valence-electron chi connectivity index (χ0n) is 11.0. The van der Waals surface area contributed by atoms with Crippen molar-refractivity contribution in [2.45, 2.75) is 24.8 Å². The van der Waals surface area contributed by atoms with Crippen LogP contribution in [0.4, 0.5) is 5.69 Å². The SMILES string of the molecule is CCOCC(C)NS(=O)(=O)c1cc([N+](=O)[O-])ccc1Cl. The normalized spacial score (nSPS) is 13.2. The summed E-state index contributed by atoms with van der Waals surface area (Å²) in [7, 11) is -3.94. The summed E-state index contributed by atoms with van der Waals surface area (Å²) in [6, 6.07) is 2.78. The van der Waals surface area contributed by atoms with Crippen LogP contribution in [0.5, 0.6) is 0 Å². The van der Waals surface area contributed by atoms with Gasteiger partial charge in [0, 0.05) is 24.8 Å². The second-order valence-electron chi connectivity index (χ2n) is 4.05. The Labute approximate surface area is 122 Å². The van der Waals surface area contributed by atoms with Crippen molar-refractivity contribution in [3.63, 3.8) is 0 Å².